The summed E-state index contributed by atoms with van der Waals surface area (Å²) in [5.41, 5.74) is 7.84. The number of hydrogen-bond donors (Lipinski definition) is 1. The van der Waals surface area contributed by atoms with Crippen molar-refractivity contribution in [2.75, 3.05) is 13.7 Å². The monoisotopic (exact) mass is 277 g/mol. The summed E-state index contributed by atoms with van der Waals surface area (Å²) in [6, 6.07) is 6.07. The summed E-state index contributed by atoms with van der Waals surface area (Å²) in [6.45, 7) is 3.94. The lowest BCUT2D eigenvalue weighted by atomic mass is 9.87. The van der Waals surface area contributed by atoms with E-state index in [-0.39, 0.29) is 12.0 Å². The van der Waals surface area contributed by atoms with E-state index in [0.29, 0.717) is 6.61 Å². The molecular formula is C16H23NO3. The molecular weight excluding hydrogens is 254 g/mol. The number of ether oxygens (including phenoxy) is 2. The van der Waals surface area contributed by atoms with E-state index in [9.17, 15) is 4.79 Å². The van der Waals surface area contributed by atoms with Crippen LogP contribution < -0.4 is 10.5 Å². The number of rotatable bonds is 4. The maximum Gasteiger partial charge on any atom is 0.314 e. The van der Waals surface area contributed by atoms with E-state index in [1.54, 1.807) is 0 Å². The first-order valence-corrected chi connectivity index (χ1v) is 7.04. The fourth-order valence-corrected chi connectivity index (χ4v) is 2.58. The van der Waals surface area contributed by atoms with Crippen LogP contribution in [0.25, 0.3) is 0 Å². The first kappa shape index (κ1) is 14.9. The predicted octanol–water partition coefficient (Wildman–Crippen LogP) is 2.60. The van der Waals surface area contributed by atoms with Gasteiger partial charge in [0.25, 0.3) is 0 Å². The zero-order valence-electron chi connectivity index (χ0n) is 12.4. The lowest BCUT2D eigenvalue weighted by Crippen LogP contribution is -2.32. The van der Waals surface area contributed by atoms with Gasteiger partial charge in [0.1, 0.15) is 12.4 Å². The zero-order chi connectivity index (χ0) is 14.8. The molecule has 0 fully saturated rings. The number of carbonyl (C=O) groups excluding carboxylic acids is 1. The van der Waals surface area contributed by atoms with Crippen LogP contribution in [-0.2, 0) is 16.0 Å². The Morgan fingerprint density at radius 1 is 1.45 bits per heavy atom. The smallest absolute Gasteiger partial charge is 0.314 e. The van der Waals surface area contributed by atoms with Gasteiger partial charge >= 0.3 is 5.97 Å². The van der Waals surface area contributed by atoms with Gasteiger partial charge in [-0.15, -0.1) is 0 Å². The second-order valence-corrected chi connectivity index (χ2v) is 5.99. The van der Waals surface area contributed by atoms with Crippen molar-refractivity contribution in [3.05, 3.63) is 29.3 Å². The summed E-state index contributed by atoms with van der Waals surface area (Å²) in [6.07, 6.45) is 3.08. The molecule has 2 N–H and O–H groups in total. The van der Waals surface area contributed by atoms with Gasteiger partial charge in [0.05, 0.1) is 12.5 Å². The normalized spacial score (nSPS) is 18.3. The van der Waals surface area contributed by atoms with E-state index in [1.807, 2.05) is 26.0 Å². The Bertz CT molecular complexity index is 496. The minimum atomic E-state index is -0.658. The molecule has 0 bridgehead atoms. The van der Waals surface area contributed by atoms with Crippen molar-refractivity contribution in [1.82, 2.24) is 0 Å². The number of benzene rings is 1. The summed E-state index contributed by atoms with van der Waals surface area (Å²) < 4.78 is 10.7. The van der Waals surface area contributed by atoms with Gasteiger partial charge in [0.2, 0.25) is 0 Å². The number of carbonyl (C=O) groups is 1. The van der Waals surface area contributed by atoms with E-state index in [0.717, 1.165) is 25.0 Å². The molecule has 1 atom stereocenters. The largest absolute Gasteiger partial charge is 0.492 e. The van der Waals surface area contributed by atoms with Crippen molar-refractivity contribution in [1.29, 1.82) is 0 Å². The van der Waals surface area contributed by atoms with Crippen molar-refractivity contribution >= 4 is 5.97 Å². The molecule has 0 heterocycles. The third-order valence-corrected chi connectivity index (χ3v) is 3.84. The molecule has 0 aromatic heterocycles. The van der Waals surface area contributed by atoms with Crippen LogP contribution in [0.2, 0.25) is 0 Å². The molecule has 1 aliphatic carbocycles. The first-order chi connectivity index (χ1) is 9.45. The molecule has 0 aliphatic heterocycles. The molecule has 0 amide bonds. The highest BCUT2D eigenvalue weighted by atomic mass is 16.5. The van der Waals surface area contributed by atoms with Gasteiger partial charge < -0.3 is 15.2 Å². The fraction of sp³-hybridized carbons (Fsp3) is 0.562. The molecule has 0 saturated carbocycles. The van der Waals surface area contributed by atoms with Crippen molar-refractivity contribution in [3.63, 3.8) is 0 Å². The van der Waals surface area contributed by atoms with Crippen LogP contribution >= 0.6 is 0 Å². The van der Waals surface area contributed by atoms with Gasteiger partial charge in [-0.3, -0.25) is 4.79 Å². The lowest BCUT2D eigenvalue weighted by molar-refractivity contribution is -0.152. The standard InChI is InChI=1S/C16H23NO3/c1-16(2,15(18)19-3)10-20-14-9-5-6-11-12(14)7-4-8-13(11)17/h5-6,9,13H,4,7-8,10,17H2,1-3H3. The van der Waals surface area contributed by atoms with Gasteiger partial charge in [-0.05, 0) is 50.3 Å². The maximum absolute atomic E-state index is 11.7. The highest BCUT2D eigenvalue weighted by molar-refractivity contribution is 5.75. The topological polar surface area (TPSA) is 61.5 Å². The molecule has 1 aromatic rings. The number of fused-ring (bicyclic) bond motifs is 1. The Kier molecular flexibility index (Phi) is 4.33. The summed E-state index contributed by atoms with van der Waals surface area (Å²) in [5.74, 6) is 0.577. The number of hydrogen-bond acceptors (Lipinski definition) is 4. The molecule has 0 spiro atoms. The number of nitrogens with two attached hydrogens (primary N) is 1. The predicted molar refractivity (Wildman–Crippen MR) is 77.6 cm³/mol. The van der Waals surface area contributed by atoms with Crippen LogP contribution in [0.15, 0.2) is 18.2 Å². The highest BCUT2D eigenvalue weighted by Gasteiger charge is 2.30. The van der Waals surface area contributed by atoms with E-state index >= 15 is 0 Å². The molecule has 0 radical (unpaired) electrons. The van der Waals surface area contributed by atoms with Crippen LogP contribution in [0.4, 0.5) is 0 Å². The average molecular weight is 277 g/mol. The molecule has 20 heavy (non-hydrogen) atoms. The van der Waals surface area contributed by atoms with E-state index < -0.39 is 5.41 Å². The molecule has 1 aromatic carbocycles. The molecule has 4 heteroatoms. The fourth-order valence-electron chi connectivity index (χ4n) is 2.58. The Balaban J connectivity index is 2.15. The Morgan fingerprint density at radius 3 is 2.90 bits per heavy atom. The van der Waals surface area contributed by atoms with E-state index in [2.05, 4.69) is 6.07 Å². The zero-order valence-corrected chi connectivity index (χ0v) is 12.4. The molecule has 1 aliphatic rings. The third kappa shape index (κ3) is 2.96. The molecule has 110 valence electrons. The molecule has 2 rings (SSSR count). The third-order valence-electron chi connectivity index (χ3n) is 3.84. The summed E-state index contributed by atoms with van der Waals surface area (Å²) in [4.78, 5) is 11.7. The van der Waals surface area contributed by atoms with Crippen LogP contribution in [0.1, 0.15) is 43.9 Å². The van der Waals surface area contributed by atoms with Crippen molar-refractivity contribution in [3.8, 4) is 5.75 Å². The van der Waals surface area contributed by atoms with Crippen LogP contribution in [0.3, 0.4) is 0 Å². The molecule has 1 unspecified atom stereocenters. The van der Waals surface area contributed by atoms with Gasteiger partial charge in [0.15, 0.2) is 0 Å². The molecule has 4 nitrogen and oxygen atoms in total. The number of methoxy groups -OCH3 is 1. The van der Waals surface area contributed by atoms with E-state index in [4.69, 9.17) is 15.2 Å². The van der Waals surface area contributed by atoms with Gasteiger partial charge in [-0.25, -0.2) is 0 Å². The van der Waals surface area contributed by atoms with Gasteiger partial charge in [-0.1, -0.05) is 12.1 Å². The Hall–Kier alpha value is -1.55. The Labute approximate surface area is 120 Å². The quantitative estimate of drug-likeness (QED) is 0.859. The first-order valence-electron chi connectivity index (χ1n) is 7.04. The average Bonchev–Trinajstić information content (AvgIpc) is 2.44. The number of esters is 1. The second kappa shape index (κ2) is 5.83. The minimum absolute atomic E-state index is 0.0934. The summed E-state index contributed by atoms with van der Waals surface area (Å²) >= 11 is 0. The highest BCUT2D eigenvalue weighted by Crippen LogP contribution is 2.34. The van der Waals surface area contributed by atoms with Gasteiger partial charge in [0, 0.05) is 6.04 Å². The van der Waals surface area contributed by atoms with Crippen LogP contribution in [-0.4, -0.2) is 19.7 Å². The Morgan fingerprint density at radius 2 is 2.20 bits per heavy atom. The lowest BCUT2D eigenvalue weighted by Gasteiger charge is -2.26. The van der Waals surface area contributed by atoms with Gasteiger partial charge in [-0.2, -0.15) is 0 Å². The maximum atomic E-state index is 11.7. The molecule has 0 saturated heterocycles. The minimum Gasteiger partial charge on any atom is -0.492 e. The van der Waals surface area contributed by atoms with Crippen LogP contribution in [0, 0.1) is 5.41 Å². The van der Waals surface area contributed by atoms with Crippen LogP contribution in [0.5, 0.6) is 5.75 Å². The second-order valence-electron chi connectivity index (χ2n) is 5.99. The SMILES string of the molecule is COC(=O)C(C)(C)COc1cccc2c1CCCC2N. The van der Waals surface area contributed by atoms with Crippen molar-refractivity contribution < 1.29 is 14.3 Å². The van der Waals surface area contributed by atoms with E-state index in [1.165, 1.54) is 18.2 Å². The van der Waals surface area contributed by atoms with Crippen molar-refractivity contribution in [2.45, 2.75) is 39.2 Å². The summed E-state index contributed by atoms with van der Waals surface area (Å²) in [7, 11) is 1.40. The summed E-state index contributed by atoms with van der Waals surface area (Å²) in [5, 5.41) is 0. The van der Waals surface area contributed by atoms with Crippen molar-refractivity contribution in [2.24, 2.45) is 11.1 Å².